The number of fused-ring (bicyclic) bond motifs is 1. The van der Waals surface area contributed by atoms with Crippen molar-refractivity contribution in [3.63, 3.8) is 0 Å². The molecule has 0 spiro atoms. The van der Waals surface area contributed by atoms with Gasteiger partial charge in [0.05, 0.1) is 22.7 Å². The van der Waals surface area contributed by atoms with Gasteiger partial charge in [-0.1, -0.05) is 24.4 Å². The number of alkyl carbamates (subject to hydrolysis) is 1. The van der Waals surface area contributed by atoms with Crippen molar-refractivity contribution < 1.29 is 19.1 Å². The second-order valence-corrected chi connectivity index (χ2v) is 8.25. The van der Waals surface area contributed by atoms with Crippen LogP contribution in [-0.4, -0.2) is 49.1 Å². The predicted molar refractivity (Wildman–Crippen MR) is 107 cm³/mol. The third-order valence-corrected chi connectivity index (χ3v) is 6.03. The number of thioether (sulfide) groups is 1. The number of aromatic nitrogens is 1. The quantitative estimate of drug-likeness (QED) is 0.397. The van der Waals surface area contributed by atoms with Crippen LogP contribution in [-0.2, 0) is 14.3 Å². The Balaban J connectivity index is 1.50. The third-order valence-electron chi connectivity index (χ3n) is 3.87. The number of carbonyl (C=O) groups is 2. The highest BCUT2D eigenvalue weighted by Gasteiger charge is 2.23. The van der Waals surface area contributed by atoms with Gasteiger partial charge in [0.2, 0.25) is 5.91 Å². The van der Waals surface area contributed by atoms with E-state index < -0.39 is 6.09 Å². The number of amides is 2. The van der Waals surface area contributed by atoms with E-state index in [4.69, 9.17) is 9.47 Å². The Morgan fingerprint density at radius 3 is 3.15 bits per heavy atom. The van der Waals surface area contributed by atoms with Gasteiger partial charge in [0.25, 0.3) is 0 Å². The summed E-state index contributed by atoms with van der Waals surface area (Å²) in [6.45, 7) is 5.31. The number of anilines is 1. The van der Waals surface area contributed by atoms with Crippen LogP contribution in [0.15, 0.2) is 35.2 Å². The average molecular weight is 408 g/mol. The molecule has 2 aromatic rings. The van der Waals surface area contributed by atoms with Crippen molar-refractivity contribution in [1.82, 2.24) is 10.3 Å². The van der Waals surface area contributed by atoms with Gasteiger partial charge in [0, 0.05) is 24.6 Å². The van der Waals surface area contributed by atoms with E-state index in [9.17, 15) is 9.59 Å². The molecule has 1 aromatic carbocycles. The summed E-state index contributed by atoms with van der Waals surface area (Å²) in [5.41, 5.74) is 1.66. The molecule has 1 aliphatic heterocycles. The van der Waals surface area contributed by atoms with E-state index in [1.807, 2.05) is 18.2 Å². The molecule has 2 amide bonds. The zero-order chi connectivity index (χ0) is 19.1. The lowest BCUT2D eigenvalue weighted by Crippen LogP contribution is -2.26. The molecule has 1 fully saturated rings. The van der Waals surface area contributed by atoms with Crippen LogP contribution in [0.2, 0.25) is 0 Å². The highest BCUT2D eigenvalue weighted by molar-refractivity contribution is 8.01. The molecular formula is C18H21N3O4S2. The van der Waals surface area contributed by atoms with Crippen molar-refractivity contribution in [3.05, 3.63) is 30.9 Å². The molecule has 0 saturated carbocycles. The Morgan fingerprint density at radius 1 is 1.48 bits per heavy atom. The minimum Gasteiger partial charge on any atom is -0.445 e. The van der Waals surface area contributed by atoms with Crippen LogP contribution in [0.3, 0.4) is 0 Å². The molecule has 1 unspecified atom stereocenters. The van der Waals surface area contributed by atoms with Crippen molar-refractivity contribution in [1.29, 1.82) is 0 Å². The summed E-state index contributed by atoms with van der Waals surface area (Å²) in [6.07, 6.45) is 1.84. The van der Waals surface area contributed by atoms with E-state index in [1.165, 1.54) is 6.08 Å². The fourth-order valence-electron chi connectivity index (χ4n) is 2.51. The molecule has 1 aliphatic rings. The van der Waals surface area contributed by atoms with Gasteiger partial charge >= 0.3 is 6.09 Å². The normalized spacial score (nSPS) is 16.2. The van der Waals surface area contributed by atoms with E-state index in [1.54, 1.807) is 23.1 Å². The number of thiazole rings is 1. The van der Waals surface area contributed by atoms with E-state index in [0.717, 1.165) is 26.7 Å². The molecular weight excluding hydrogens is 386 g/mol. The van der Waals surface area contributed by atoms with Crippen LogP contribution in [0.5, 0.6) is 0 Å². The standard InChI is InChI=1S/C18H21N3O4S2/c1-2-7-25-17(23)19-6-9-26-18-21-14-4-3-13(10-15(14)27-18)20-16(22)12-5-8-24-11-12/h2-4,10,12H,1,5-9,11H2,(H,19,23)(H,20,22). The molecule has 2 heterocycles. The van der Waals surface area contributed by atoms with Crippen LogP contribution in [0.25, 0.3) is 10.2 Å². The summed E-state index contributed by atoms with van der Waals surface area (Å²) in [7, 11) is 0. The summed E-state index contributed by atoms with van der Waals surface area (Å²) >= 11 is 3.13. The Kier molecular flexibility index (Phi) is 7.08. The van der Waals surface area contributed by atoms with Crippen molar-refractivity contribution >= 4 is 51.0 Å². The highest BCUT2D eigenvalue weighted by atomic mass is 32.2. The van der Waals surface area contributed by atoms with Gasteiger partial charge in [-0.05, 0) is 24.6 Å². The Hall–Kier alpha value is -2.10. The molecule has 3 rings (SSSR count). The lowest BCUT2D eigenvalue weighted by atomic mass is 10.1. The van der Waals surface area contributed by atoms with Crippen molar-refractivity contribution in [2.75, 3.05) is 37.4 Å². The summed E-state index contributed by atoms with van der Waals surface area (Å²) in [6, 6.07) is 5.71. The zero-order valence-corrected chi connectivity index (χ0v) is 16.4. The first-order chi connectivity index (χ1) is 13.2. The topological polar surface area (TPSA) is 89.5 Å². The summed E-state index contributed by atoms with van der Waals surface area (Å²) in [5, 5.41) is 5.62. The number of ether oxygens (including phenoxy) is 2. The first-order valence-electron chi connectivity index (χ1n) is 8.59. The van der Waals surface area contributed by atoms with Crippen LogP contribution in [0, 0.1) is 5.92 Å². The molecule has 0 radical (unpaired) electrons. The van der Waals surface area contributed by atoms with Gasteiger partial charge in [0.15, 0.2) is 4.34 Å². The van der Waals surface area contributed by atoms with E-state index in [-0.39, 0.29) is 18.4 Å². The van der Waals surface area contributed by atoms with Crippen LogP contribution >= 0.6 is 23.1 Å². The fraction of sp³-hybridized carbons (Fsp3) is 0.389. The average Bonchev–Trinajstić information content (AvgIpc) is 3.32. The molecule has 0 aliphatic carbocycles. The molecule has 144 valence electrons. The SMILES string of the molecule is C=CCOC(=O)NCCSc1nc2ccc(NC(=O)C3CCOC3)cc2s1. The van der Waals surface area contributed by atoms with Gasteiger partial charge in [-0.3, -0.25) is 4.79 Å². The summed E-state index contributed by atoms with van der Waals surface area (Å²) in [4.78, 5) is 28.1. The van der Waals surface area contributed by atoms with Gasteiger partial charge < -0.3 is 20.1 Å². The first-order valence-corrected chi connectivity index (χ1v) is 10.4. The van der Waals surface area contributed by atoms with E-state index in [0.29, 0.717) is 25.5 Å². The smallest absolute Gasteiger partial charge is 0.407 e. The molecule has 1 atom stereocenters. The summed E-state index contributed by atoms with van der Waals surface area (Å²) < 4.78 is 12.0. The molecule has 2 N–H and O–H groups in total. The number of hydrogen-bond acceptors (Lipinski definition) is 7. The van der Waals surface area contributed by atoms with Gasteiger partial charge in [0.1, 0.15) is 6.61 Å². The number of nitrogens with one attached hydrogen (secondary N) is 2. The van der Waals surface area contributed by atoms with Gasteiger partial charge in [-0.2, -0.15) is 0 Å². The molecule has 27 heavy (non-hydrogen) atoms. The second kappa shape index (κ2) is 9.72. The maximum absolute atomic E-state index is 12.2. The largest absolute Gasteiger partial charge is 0.445 e. The number of benzene rings is 1. The molecule has 1 aromatic heterocycles. The van der Waals surface area contributed by atoms with Crippen molar-refractivity contribution in [2.45, 2.75) is 10.8 Å². The third kappa shape index (κ3) is 5.69. The highest BCUT2D eigenvalue weighted by Crippen LogP contribution is 2.31. The minimum atomic E-state index is -0.451. The Bertz CT molecular complexity index is 818. The number of hydrogen-bond donors (Lipinski definition) is 2. The predicted octanol–water partition coefficient (Wildman–Crippen LogP) is 3.28. The monoisotopic (exact) mass is 407 g/mol. The molecule has 9 heteroatoms. The maximum atomic E-state index is 12.2. The second-order valence-electron chi connectivity index (χ2n) is 5.87. The lowest BCUT2D eigenvalue weighted by molar-refractivity contribution is -0.119. The van der Waals surface area contributed by atoms with Crippen LogP contribution < -0.4 is 10.6 Å². The number of nitrogens with zero attached hydrogens (tertiary/aromatic N) is 1. The Labute approximate surface area is 165 Å². The fourth-order valence-corrected chi connectivity index (χ4v) is 4.54. The number of rotatable bonds is 8. The van der Waals surface area contributed by atoms with Gasteiger partial charge in [-0.15, -0.1) is 11.3 Å². The zero-order valence-electron chi connectivity index (χ0n) is 14.7. The minimum absolute atomic E-state index is 0.000350. The van der Waals surface area contributed by atoms with Gasteiger partial charge in [-0.25, -0.2) is 9.78 Å². The van der Waals surface area contributed by atoms with Crippen LogP contribution in [0.4, 0.5) is 10.5 Å². The first kappa shape index (κ1) is 19.7. The number of carbonyl (C=O) groups excluding carboxylic acids is 2. The van der Waals surface area contributed by atoms with Crippen LogP contribution in [0.1, 0.15) is 6.42 Å². The van der Waals surface area contributed by atoms with E-state index in [2.05, 4.69) is 22.2 Å². The molecule has 7 nitrogen and oxygen atoms in total. The maximum Gasteiger partial charge on any atom is 0.407 e. The van der Waals surface area contributed by atoms with E-state index >= 15 is 0 Å². The van der Waals surface area contributed by atoms with Crippen molar-refractivity contribution in [3.8, 4) is 0 Å². The van der Waals surface area contributed by atoms with Crippen molar-refractivity contribution in [2.24, 2.45) is 5.92 Å². The Morgan fingerprint density at radius 2 is 2.37 bits per heavy atom. The molecule has 0 bridgehead atoms. The lowest BCUT2D eigenvalue weighted by Gasteiger charge is -2.08. The summed E-state index contributed by atoms with van der Waals surface area (Å²) in [5.74, 6) is 0.619. The molecule has 1 saturated heterocycles.